The molecule has 2 heterocycles. The summed E-state index contributed by atoms with van der Waals surface area (Å²) in [6, 6.07) is 9.43. The third-order valence-corrected chi connectivity index (χ3v) is 3.51. The van der Waals surface area contributed by atoms with Crippen molar-refractivity contribution in [3.63, 3.8) is 0 Å². The van der Waals surface area contributed by atoms with E-state index in [1.165, 1.54) is 18.2 Å². The van der Waals surface area contributed by atoms with E-state index in [9.17, 15) is 14.3 Å². The lowest BCUT2D eigenvalue weighted by Crippen LogP contribution is -2.11. The molecule has 0 bridgehead atoms. The first-order valence-corrected chi connectivity index (χ1v) is 7.35. The smallest absolute Gasteiger partial charge is 0.339 e. The third kappa shape index (κ3) is 3.57. The van der Waals surface area contributed by atoms with E-state index in [0.29, 0.717) is 18.7 Å². The summed E-state index contributed by atoms with van der Waals surface area (Å²) in [4.78, 5) is 15.7. The first-order chi connectivity index (χ1) is 11.6. The van der Waals surface area contributed by atoms with E-state index in [1.807, 2.05) is 6.07 Å². The summed E-state index contributed by atoms with van der Waals surface area (Å²) in [6.07, 6.45) is 3.84. The van der Waals surface area contributed by atoms with E-state index >= 15 is 0 Å². The van der Waals surface area contributed by atoms with Gasteiger partial charge in [-0.1, -0.05) is 12.1 Å². The van der Waals surface area contributed by atoms with Gasteiger partial charge in [-0.2, -0.15) is 5.10 Å². The van der Waals surface area contributed by atoms with E-state index in [4.69, 9.17) is 0 Å². The lowest BCUT2D eigenvalue weighted by molar-refractivity contribution is 0.0697. The number of nitrogens with zero attached hydrogens (tertiary/aromatic N) is 2. The van der Waals surface area contributed by atoms with Gasteiger partial charge in [-0.3, -0.25) is 5.10 Å². The quantitative estimate of drug-likeness (QED) is 0.648. The molecule has 0 saturated heterocycles. The molecule has 0 aliphatic carbocycles. The van der Waals surface area contributed by atoms with Gasteiger partial charge in [-0.25, -0.2) is 14.2 Å². The van der Waals surface area contributed by atoms with Gasteiger partial charge >= 0.3 is 5.97 Å². The first kappa shape index (κ1) is 15.7. The van der Waals surface area contributed by atoms with Crippen LogP contribution >= 0.6 is 0 Å². The molecule has 0 unspecified atom stereocenters. The summed E-state index contributed by atoms with van der Waals surface area (Å²) >= 11 is 0. The maximum absolute atomic E-state index is 13.2. The molecule has 0 saturated carbocycles. The van der Waals surface area contributed by atoms with Gasteiger partial charge in [0.15, 0.2) is 0 Å². The Morgan fingerprint density at radius 3 is 2.88 bits per heavy atom. The van der Waals surface area contributed by atoms with E-state index < -0.39 is 5.97 Å². The number of carboxylic acid groups (broad SMARTS) is 1. The molecular formula is C17H15FN4O2. The number of pyridine rings is 1. The highest BCUT2D eigenvalue weighted by Crippen LogP contribution is 2.21. The molecule has 0 fully saturated rings. The van der Waals surface area contributed by atoms with Gasteiger partial charge < -0.3 is 10.4 Å². The molecule has 24 heavy (non-hydrogen) atoms. The maximum atomic E-state index is 13.2. The summed E-state index contributed by atoms with van der Waals surface area (Å²) in [5.41, 5.74) is 2.29. The van der Waals surface area contributed by atoms with E-state index in [-0.39, 0.29) is 17.2 Å². The number of hydrogen-bond donors (Lipinski definition) is 3. The highest BCUT2D eigenvalue weighted by atomic mass is 19.1. The molecule has 0 radical (unpaired) electrons. The van der Waals surface area contributed by atoms with Crippen LogP contribution < -0.4 is 5.32 Å². The summed E-state index contributed by atoms with van der Waals surface area (Å²) in [5.74, 6) is -1.08. The minimum absolute atomic E-state index is 0.0847. The van der Waals surface area contributed by atoms with Gasteiger partial charge in [0, 0.05) is 18.3 Å². The summed E-state index contributed by atoms with van der Waals surface area (Å²) in [6.45, 7) is 0.436. The number of aromatic amines is 1. The van der Waals surface area contributed by atoms with Gasteiger partial charge in [0.1, 0.15) is 17.2 Å². The van der Waals surface area contributed by atoms with Crippen molar-refractivity contribution in [1.82, 2.24) is 15.2 Å². The molecule has 6 nitrogen and oxygen atoms in total. The van der Waals surface area contributed by atoms with Gasteiger partial charge in [-0.05, 0) is 36.2 Å². The Kier molecular flexibility index (Phi) is 4.51. The second-order valence-electron chi connectivity index (χ2n) is 5.19. The molecule has 0 spiro atoms. The fourth-order valence-electron chi connectivity index (χ4n) is 2.34. The molecule has 0 aliphatic heterocycles. The Bertz CT molecular complexity index is 850. The van der Waals surface area contributed by atoms with Crippen LogP contribution in [0.5, 0.6) is 0 Å². The van der Waals surface area contributed by atoms with Crippen LogP contribution in [-0.4, -0.2) is 32.8 Å². The lowest BCUT2D eigenvalue weighted by Gasteiger charge is -2.10. The Labute approximate surface area is 137 Å². The number of rotatable bonds is 6. The monoisotopic (exact) mass is 326 g/mol. The normalized spacial score (nSPS) is 10.5. The number of aromatic nitrogens is 3. The average molecular weight is 326 g/mol. The lowest BCUT2D eigenvalue weighted by atomic mass is 10.1. The first-order valence-electron chi connectivity index (χ1n) is 7.35. The number of H-pyrrole nitrogens is 1. The van der Waals surface area contributed by atoms with Crippen LogP contribution in [0.4, 0.5) is 10.2 Å². The third-order valence-electron chi connectivity index (χ3n) is 3.51. The van der Waals surface area contributed by atoms with Crippen LogP contribution in [0.25, 0.3) is 11.3 Å². The Balaban J connectivity index is 1.77. The molecule has 122 valence electrons. The number of carboxylic acids is 1. The molecule has 7 heteroatoms. The topological polar surface area (TPSA) is 90.9 Å². The van der Waals surface area contributed by atoms with Gasteiger partial charge in [0.05, 0.1) is 11.9 Å². The zero-order valence-electron chi connectivity index (χ0n) is 12.7. The standard InChI is InChI=1S/C17H15FN4O2/c18-13-3-1-2-11(8-13)6-7-19-16-14(17(23)24)4-5-15(22-16)12-9-20-21-10-12/h1-5,8-10H,6-7H2,(H,19,22)(H,20,21)(H,23,24). The fourth-order valence-corrected chi connectivity index (χ4v) is 2.34. The molecule has 2 aromatic heterocycles. The van der Waals surface area contributed by atoms with Gasteiger partial charge in [-0.15, -0.1) is 0 Å². The van der Waals surface area contributed by atoms with Crippen molar-refractivity contribution in [3.8, 4) is 11.3 Å². The zero-order chi connectivity index (χ0) is 16.9. The van der Waals surface area contributed by atoms with Crippen molar-refractivity contribution in [2.45, 2.75) is 6.42 Å². The predicted molar refractivity (Wildman–Crippen MR) is 87.4 cm³/mol. The SMILES string of the molecule is O=C(O)c1ccc(-c2cn[nH]c2)nc1NCCc1cccc(F)c1. The minimum Gasteiger partial charge on any atom is -0.478 e. The molecular weight excluding hydrogens is 311 g/mol. The number of aromatic carboxylic acids is 1. The fraction of sp³-hybridized carbons (Fsp3) is 0.118. The van der Waals surface area contributed by atoms with Crippen molar-refractivity contribution in [2.24, 2.45) is 0 Å². The van der Waals surface area contributed by atoms with Gasteiger partial charge in [0.2, 0.25) is 0 Å². The maximum Gasteiger partial charge on any atom is 0.339 e. The van der Waals surface area contributed by atoms with Crippen LogP contribution in [0.3, 0.4) is 0 Å². The van der Waals surface area contributed by atoms with Crippen molar-refractivity contribution in [3.05, 3.63) is 65.7 Å². The van der Waals surface area contributed by atoms with Crippen LogP contribution in [-0.2, 0) is 6.42 Å². The summed E-state index contributed by atoms with van der Waals surface area (Å²) < 4.78 is 13.2. The van der Waals surface area contributed by atoms with E-state index in [0.717, 1.165) is 11.1 Å². The van der Waals surface area contributed by atoms with Crippen LogP contribution in [0, 0.1) is 5.82 Å². The number of halogens is 1. The molecule has 0 amide bonds. The molecule has 3 rings (SSSR count). The Hall–Kier alpha value is -3.22. The predicted octanol–water partition coefficient (Wildman–Crippen LogP) is 2.96. The minimum atomic E-state index is -1.06. The molecule has 1 aromatic carbocycles. The molecule has 3 N–H and O–H groups in total. The Morgan fingerprint density at radius 1 is 1.29 bits per heavy atom. The van der Waals surface area contributed by atoms with Crippen LogP contribution in [0.1, 0.15) is 15.9 Å². The number of nitrogens with one attached hydrogen (secondary N) is 2. The Morgan fingerprint density at radius 2 is 2.17 bits per heavy atom. The van der Waals surface area contributed by atoms with Gasteiger partial charge in [0.25, 0.3) is 0 Å². The van der Waals surface area contributed by atoms with E-state index in [1.54, 1.807) is 24.5 Å². The van der Waals surface area contributed by atoms with Crippen molar-refractivity contribution in [2.75, 3.05) is 11.9 Å². The average Bonchev–Trinajstić information content (AvgIpc) is 3.09. The van der Waals surface area contributed by atoms with Crippen molar-refractivity contribution in [1.29, 1.82) is 0 Å². The number of hydrogen-bond acceptors (Lipinski definition) is 4. The van der Waals surface area contributed by atoms with E-state index in [2.05, 4.69) is 20.5 Å². The van der Waals surface area contributed by atoms with Crippen molar-refractivity contribution >= 4 is 11.8 Å². The zero-order valence-corrected chi connectivity index (χ0v) is 12.7. The molecule has 0 aliphatic rings. The molecule has 0 atom stereocenters. The number of carbonyl (C=O) groups is 1. The second-order valence-corrected chi connectivity index (χ2v) is 5.19. The largest absolute Gasteiger partial charge is 0.478 e. The number of anilines is 1. The molecule has 3 aromatic rings. The van der Waals surface area contributed by atoms with Crippen molar-refractivity contribution < 1.29 is 14.3 Å². The van der Waals surface area contributed by atoms with Crippen LogP contribution in [0.15, 0.2) is 48.8 Å². The highest BCUT2D eigenvalue weighted by molar-refractivity contribution is 5.93. The number of benzene rings is 1. The summed E-state index contributed by atoms with van der Waals surface area (Å²) in [5, 5.41) is 18.9. The highest BCUT2D eigenvalue weighted by Gasteiger charge is 2.13. The second kappa shape index (κ2) is 6.91. The summed E-state index contributed by atoms with van der Waals surface area (Å²) in [7, 11) is 0. The van der Waals surface area contributed by atoms with Crippen LogP contribution in [0.2, 0.25) is 0 Å².